The highest BCUT2D eigenvalue weighted by molar-refractivity contribution is 14.1. The van der Waals surface area contributed by atoms with Crippen LogP contribution in [0.3, 0.4) is 0 Å². The van der Waals surface area contributed by atoms with Gasteiger partial charge in [0.15, 0.2) is 0 Å². The van der Waals surface area contributed by atoms with Gasteiger partial charge in [-0.3, -0.25) is 0 Å². The summed E-state index contributed by atoms with van der Waals surface area (Å²) in [6.07, 6.45) is 10.6. The van der Waals surface area contributed by atoms with Crippen LogP contribution in [0.25, 0.3) is 0 Å². The fourth-order valence-electron chi connectivity index (χ4n) is 4.49. The van der Waals surface area contributed by atoms with Gasteiger partial charge >= 0.3 is 0 Å². The molecule has 3 nitrogen and oxygen atoms in total. The summed E-state index contributed by atoms with van der Waals surface area (Å²) in [6.45, 7) is 0.916. The molecule has 0 bridgehead atoms. The first-order valence-corrected chi connectivity index (χ1v) is 11.2. The molecule has 2 aliphatic carbocycles. The van der Waals surface area contributed by atoms with E-state index in [2.05, 4.69) is 50.1 Å². The second kappa shape index (κ2) is 7.94. The monoisotopic (exact) mass is 519 g/mol. The summed E-state index contributed by atoms with van der Waals surface area (Å²) >= 11 is 4.98. The maximum Gasteiger partial charge on any atom is 0.216 e. The van der Waals surface area contributed by atoms with Crippen LogP contribution in [0.4, 0.5) is 0 Å². The number of hydrogen-bond donors (Lipinski definition) is 1. The average molecular weight is 519 g/mol. The molecule has 0 amide bonds. The van der Waals surface area contributed by atoms with E-state index in [-0.39, 0.29) is 6.10 Å². The molecule has 0 aromatic heterocycles. The third-order valence-electron chi connectivity index (χ3n) is 5.76. The zero-order valence-electron chi connectivity index (χ0n) is 12.6. The number of rotatable bonds is 3. The van der Waals surface area contributed by atoms with Crippen molar-refractivity contribution in [3.8, 4) is 0 Å². The van der Waals surface area contributed by atoms with E-state index in [1.807, 2.05) is 0 Å². The van der Waals surface area contributed by atoms with Crippen LogP contribution in [-0.4, -0.2) is 43.5 Å². The van der Waals surface area contributed by atoms with Gasteiger partial charge < -0.3 is 9.84 Å². The average Bonchev–Trinajstić information content (AvgIpc) is 2.89. The standard InChI is InChI=1S/C16H27I2NO2/c17-9-15-10-19(16(20)21-15)14-7-3-12(4-8-14)11-1-5-13(18)6-2-11/h11-16,20H,1-10H2. The summed E-state index contributed by atoms with van der Waals surface area (Å²) in [7, 11) is 0. The minimum absolute atomic E-state index is 0.220. The van der Waals surface area contributed by atoms with Gasteiger partial charge in [-0.15, -0.1) is 0 Å². The van der Waals surface area contributed by atoms with E-state index in [0.717, 1.165) is 26.7 Å². The molecule has 122 valence electrons. The topological polar surface area (TPSA) is 32.7 Å². The van der Waals surface area contributed by atoms with Crippen molar-refractivity contribution in [3.05, 3.63) is 0 Å². The van der Waals surface area contributed by atoms with Crippen LogP contribution in [0.5, 0.6) is 0 Å². The highest BCUT2D eigenvalue weighted by Gasteiger charge is 2.38. The highest BCUT2D eigenvalue weighted by atomic mass is 127. The molecule has 3 rings (SSSR count). The van der Waals surface area contributed by atoms with E-state index in [1.54, 1.807) is 0 Å². The molecule has 3 fully saturated rings. The lowest BCUT2D eigenvalue weighted by atomic mass is 9.72. The Balaban J connectivity index is 1.47. The Morgan fingerprint density at radius 3 is 2.05 bits per heavy atom. The molecule has 0 aromatic rings. The van der Waals surface area contributed by atoms with E-state index in [4.69, 9.17) is 4.74 Å². The summed E-state index contributed by atoms with van der Waals surface area (Å²) in [5.74, 6) is 1.94. The lowest BCUT2D eigenvalue weighted by molar-refractivity contribution is -0.160. The first-order chi connectivity index (χ1) is 10.2. The Bertz CT molecular complexity index is 328. The zero-order chi connectivity index (χ0) is 14.8. The second-order valence-electron chi connectivity index (χ2n) is 7.02. The number of alkyl halides is 2. The normalized spacial score (nSPS) is 45.9. The molecule has 1 N–H and O–H groups in total. The minimum Gasteiger partial charge on any atom is -0.356 e. The van der Waals surface area contributed by atoms with Crippen molar-refractivity contribution in [2.24, 2.45) is 11.8 Å². The summed E-state index contributed by atoms with van der Waals surface area (Å²) in [5.41, 5.74) is 0. The zero-order valence-corrected chi connectivity index (χ0v) is 16.9. The van der Waals surface area contributed by atoms with Gasteiger partial charge in [-0.1, -0.05) is 45.2 Å². The molecule has 0 radical (unpaired) electrons. The van der Waals surface area contributed by atoms with Crippen LogP contribution in [0.2, 0.25) is 0 Å². The van der Waals surface area contributed by atoms with Crippen LogP contribution < -0.4 is 0 Å². The van der Waals surface area contributed by atoms with Gasteiger partial charge in [-0.25, -0.2) is 4.90 Å². The fraction of sp³-hybridized carbons (Fsp3) is 1.00. The van der Waals surface area contributed by atoms with E-state index in [0.29, 0.717) is 6.04 Å². The molecule has 2 saturated carbocycles. The number of halogens is 2. The van der Waals surface area contributed by atoms with Crippen molar-refractivity contribution in [2.75, 3.05) is 11.0 Å². The van der Waals surface area contributed by atoms with Gasteiger partial charge in [0.2, 0.25) is 6.41 Å². The molecule has 5 heteroatoms. The Morgan fingerprint density at radius 2 is 1.52 bits per heavy atom. The van der Waals surface area contributed by atoms with Crippen LogP contribution in [-0.2, 0) is 4.74 Å². The summed E-state index contributed by atoms with van der Waals surface area (Å²) < 4.78 is 7.50. The molecule has 3 aliphatic rings. The number of hydrogen-bond acceptors (Lipinski definition) is 3. The molecule has 21 heavy (non-hydrogen) atoms. The van der Waals surface area contributed by atoms with Crippen molar-refractivity contribution < 1.29 is 9.84 Å². The molecule has 1 heterocycles. The van der Waals surface area contributed by atoms with Gasteiger partial charge in [0.05, 0.1) is 6.10 Å². The quantitative estimate of drug-likeness (QED) is 0.453. The number of aliphatic hydroxyl groups excluding tert-OH is 1. The third-order valence-corrected chi connectivity index (χ3v) is 7.99. The van der Waals surface area contributed by atoms with E-state index in [9.17, 15) is 5.11 Å². The fourth-order valence-corrected chi connectivity index (χ4v) is 5.69. The first kappa shape index (κ1) is 17.2. The molecule has 1 saturated heterocycles. The summed E-state index contributed by atoms with van der Waals surface area (Å²) in [5, 5.41) is 10.1. The SMILES string of the molecule is OC1OC(CI)CN1C1CCC(C2CCC(I)CC2)CC1. The number of nitrogens with zero attached hydrogens (tertiary/aromatic N) is 1. The van der Waals surface area contributed by atoms with E-state index < -0.39 is 6.41 Å². The summed E-state index contributed by atoms with van der Waals surface area (Å²) in [6, 6.07) is 0.546. The van der Waals surface area contributed by atoms with Crippen molar-refractivity contribution in [1.29, 1.82) is 0 Å². The van der Waals surface area contributed by atoms with Gasteiger partial charge in [-0.05, 0) is 63.2 Å². The number of ether oxygens (including phenoxy) is 1. The van der Waals surface area contributed by atoms with Crippen molar-refractivity contribution in [1.82, 2.24) is 4.90 Å². The highest BCUT2D eigenvalue weighted by Crippen LogP contribution is 2.41. The Hall–Kier alpha value is 1.34. The minimum atomic E-state index is -0.652. The molecule has 2 unspecified atom stereocenters. The molecule has 1 aliphatic heterocycles. The Kier molecular flexibility index (Phi) is 6.49. The van der Waals surface area contributed by atoms with Crippen molar-refractivity contribution in [3.63, 3.8) is 0 Å². The van der Waals surface area contributed by atoms with Gasteiger partial charge in [0.25, 0.3) is 0 Å². The third kappa shape index (κ3) is 4.25. The molecular weight excluding hydrogens is 492 g/mol. The lowest BCUT2D eigenvalue weighted by Gasteiger charge is -2.39. The maximum atomic E-state index is 10.1. The predicted molar refractivity (Wildman–Crippen MR) is 102 cm³/mol. The van der Waals surface area contributed by atoms with Crippen LogP contribution in [0.1, 0.15) is 51.4 Å². The van der Waals surface area contributed by atoms with Gasteiger partial charge in [0.1, 0.15) is 0 Å². The molecular formula is C16H27I2NO2. The molecule has 2 atom stereocenters. The maximum absolute atomic E-state index is 10.1. The first-order valence-electron chi connectivity index (χ1n) is 8.46. The smallest absolute Gasteiger partial charge is 0.216 e. The van der Waals surface area contributed by atoms with Crippen LogP contribution >= 0.6 is 45.2 Å². The van der Waals surface area contributed by atoms with Crippen molar-refractivity contribution >= 4 is 45.2 Å². The van der Waals surface area contributed by atoms with E-state index >= 15 is 0 Å². The molecule has 0 aromatic carbocycles. The largest absolute Gasteiger partial charge is 0.356 e. The predicted octanol–water partition coefficient (Wildman–Crippen LogP) is 3.95. The number of aliphatic hydroxyl groups is 1. The van der Waals surface area contributed by atoms with Crippen molar-refractivity contribution in [2.45, 2.75) is 73.9 Å². The van der Waals surface area contributed by atoms with E-state index in [1.165, 1.54) is 51.4 Å². The van der Waals surface area contributed by atoms with Crippen LogP contribution in [0.15, 0.2) is 0 Å². The van der Waals surface area contributed by atoms with Gasteiger partial charge in [0, 0.05) is 20.9 Å². The lowest BCUT2D eigenvalue weighted by Crippen LogP contribution is -2.42. The van der Waals surface area contributed by atoms with Gasteiger partial charge in [-0.2, -0.15) is 0 Å². The Morgan fingerprint density at radius 1 is 0.952 bits per heavy atom. The van der Waals surface area contributed by atoms with Crippen LogP contribution in [0, 0.1) is 11.8 Å². The molecule has 0 spiro atoms. The Labute approximate surface area is 155 Å². The summed E-state index contributed by atoms with van der Waals surface area (Å²) in [4.78, 5) is 2.21. The second-order valence-corrected chi connectivity index (χ2v) is 9.66.